The van der Waals surface area contributed by atoms with Gasteiger partial charge in [-0.25, -0.2) is 19.1 Å². The minimum Gasteiger partial charge on any atom is -0.469 e. The van der Waals surface area contributed by atoms with E-state index in [9.17, 15) is 14.4 Å². The first-order chi connectivity index (χ1) is 17.2. The molecule has 1 aliphatic rings. The summed E-state index contributed by atoms with van der Waals surface area (Å²) < 4.78 is 7.09. The highest BCUT2D eigenvalue weighted by Gasteiger charge is 2.19. The van der Waals surface area contributed by atoms with Gasteiger partial charge in [0.25, 0.3) is 0 Å². The largest absolute Gasteiger partial charge is 0.469 e. The van der Waals surface area contributed by atoms with Crippen molar-refractivity contribution < 1.29 is 9.53 Å². The number of ether oxygens (including phenoxy) is 1. The molecule has 0 spiro atoms. The molecule has 8 nitrogen and oxygen atoms in total. The zero-order valence-corrected chi connectivity index (χ0v) is 21.1. The van der Waals surface area contributed by atoms with Crippen LogP contribution >= 0.6 is 11.6 Å². The number of hydrogen-bond donors (Lipinski definition) is 1. The minimum absolute atomic E-state index is 0.0955. The molecule has 3 aromatic rings. The van der Waals surface area contributed by atoms with Gasteiger partial charge < -0.3 is 4.74 Å². The van der Waals surface area contributed by atoms with Crippen LogP contribution in [0.2, 0.25) is 5.02 Å². The third-order valence-corrected chi connectivity index (χ3v) is 6.18. The number of methoxy groups -OCH3 is 1. The number of rotatable bonds is 6. The van der Waals surface area contributed by atoms with Crippen molar-refractivity contribution >= 4 is 23.3 Å². The second-order valence-corrected chi connectivity index (χ2v) is 9.37. The number of nitrogens with one attached hydrogen (secondary N) is 1. The van der Waals surface area contributed by atoms with Crippen molar-refractivity contribution in [1.29, 1.82) is 0 Å². The summed E-state index contributed by atoms with van der Waals surface area (Å²) in [5.74, 6) is 5.77. The number of H-pyrrole nitrogens is 1. The Balaban J connectivity index is 1.80. The van der Waals surface area contributed by atoms with Gasteiger partial charge in [0.2, 0.25) is 5.62 Å². The summed E-state index contributed by atoms with van der Waals surface area (Å²) in [5.41, 5.74) is 2.09. The fraction of sp³-hybridized carbons (Fsp3) is 0.333. The molecular weight excluding hydrogens is 480 g/mol. The van der Waals surface area contributed by atoms with Gasteiger partial charge in [-0.2, -0.15) is 0 Å². The van der Waals surface area contributed by atoms with Crippen LogP contribution in [0.25, 0.3) is 0 Å². The van der Waals surface area contributed by atoms with Gasteiger partial charge in [-0.15, -0.1) is 0 Å². The molecule has 1 N–H and O–H groups in total. The van der Waals surface area contributed by atoms with E-state index in [1.54, 1.807) is 37.3 Å². The van der Waals surface area contributed by atoms with Gasteiger partial charge in [0.05, 0.1) is 25.3 Å². The minimum atomic E-state index is -0.687. The zero-order chi connectivity index (χ0) is 25.8. The van der Waals surface area contributed by atoms with Crippen LogP contribution in [-0.2, 0) is 22.6 Å². The van der Waals surface area contributed by atoms with Crippen LogP contribution in [0.15, 0.2) is 57.0 Å². The molecule has 1 saturated carbocycles. The molecule has 0 amide bonds. The number of carbonyl (C=O) groups excluding carboxylic acids is 1. The van der Waals surface area contributed by atoms with E-state index in [0.717, 1.165) is 34.1 Å². The number of aromatic amines is 1. The number of nitrogens with zero attached hydrogens (tertiary/aromatic N) is 3. The molecule has 4 rings (SSSR count). The number of esters is 1. The van der Waals surface area contributed by atoms with Gasteiger partial charge in [-0.3, -0.25) is 14.3 Å². The molecule has 1 aliphatic carbocycles. The fourth-order valence-corrected chi connectivity index (χ4v) is 3.78. The van der Waals surface area contributed by atoms with Gasteiger partial charge in [0.1, 0.15) is 0 Å². The maximum atomic E-state index is 13.4. The van der Waals surface area contributed by atoms with E-state index in [2.05, 4.69) is 21.8 Å². The average molecular weight is 507 g/mol. The third-order valence-electron chi connectivity index (χ3n) is 5.93. The highest BCUT2D eigenvalue weighted by atomic mass is 35.5. The van der Waals surface area contributed by atoms with E-state index in [1.165, 1.54) is 11.7 Å². The molecule has 36 heavy (non-hydrogen) atoms. The van der Waals surface area contributed by atoms with Crippen LogP contribution < -0.4 is 17.0 Å². The number of carbonyl (C=O) groups is 1. The maximum absolute atomic E-state index is 13.4. The number of benzene rings is 2. The zero-order valence-electron chi connectivity index (χ0n) is 20.4. The van der Waals surface area contributed by atoms with Gasteiger partial charge >= 0.3 is 17.3 Å². The van der Waals surface area contributed by atoms with Crippen LogP contribution in [0, 0.1) is 30.6 Å². The van der Waals surface area contributed by atoms with E-state index < -0.39 is 23.3 Å². The van der Waals surface area contributed by atoms with Crippen molar-refractivity contribution in [2.45, 2.75) is 39.8 Å². The molecule has 0 aliphatic heterocycles. The van der Waals surface area contributed by atoms with Gasteiger partial charge in [-0.05, 0) is 61.2 Å². The molecule has 0 unspecified atom stereocenters. The maximum Gasteiger partial charge on any atom is 0.335 e. The second kappa shape index (κ2) is 10.8. The average Bonchev–Trinajstić information content (AvgIpc) is 3.68. The van der Waals surface area contributed by atoms with E-state index in [1.807, 2.05) is 19.1 Å². The molecular formula is C27H27ClN4O4. The van der Waals surface area contributed by atoms with Gasteiger partial charge in [0.15, 0.2) is 0 Å². The molecule has 9 heteroatoms. The number of hydrogen-bond acceptors (Lipinski definition) is 5. The van der Waals surface area contributed by atoms with Crippen molar-refractivity contribution in [2.75, 3.05) is 7.11 Å². The summed E-state index contributed by atoms with van der Waals surface area (Å²) in [6.45, 7) is 3.56. The Morgan fingerprint density at radius 2 is 1.92 bits per heavy atom. The molecule has 1 aromatic heterocycles. The Hall–Kier alpha value is -3.83. The molecule has 1 atom stereocenters. The lowest BCUT2D eigenvalue weighted by molar-refractivity contribution is -0.145. The number of halogens is 1. The lowest BCUT2D eigenvalue weighted by Gasteiger charge is -2.14. The standard InChI is InChI=1S/C27H27ClN4O4/c1-17-14-23(13-10-21(17)9-6-19-4-5-19)29-25-30-26(34)32(15-18(2)24(33)36-3)27(35)31(25)16-20-7-11-22(28)12-8-20/h7-8,10-14,18-19H,4-5,15-16H2,1-3H3,(H,29,30,34)/t18-/m0/s1. The van der Waals surface area contributed by atoms with Crippen molar-refractivity contribution in [3.05, 3.63) is 90.8 Å². The van der Waals surface area contributed by atoms with Crippen LogP contribution in [-0.4, -0.2) is 27.2 Å². The summed E-state index contributed by atoms with van der Waals surface area (Å²) in [6.07, 6.45) is 2.31. The lowest BCUT2D eigenvalue weighted by atomic mass is 10.1. The normalized spacial score (nSPS) is 14.2. The molecule has 186 valence electrons. The van der Waals surface area contributed by atoms with Gasteiger partial charge in [-0.1, -0.05) is 42.5 Å². The molecule has 0 saturated heterocycles. The van der Waals surface area contributed by atoms with E-state index >= 15 is 0 Å². The van der Waals surface area contributed by atoms with Gasteiger partial charge in [0, 0.05) is 23.0 Å². The van der Waals surface area contributed by atoms with Crippen molar-refractivity contribution in [2.24, 2.45) is 16.8 Å². The number of aromatic nitrogens is 3. The van der Waals surface area contributed by atoms with E-state index in [0.29, 0.717) is 16.6 Å². The van der Waals surface area contributed by atoms with Crippen LogP contribution in [0.1, 0.15) is 36.5 Å². The first-order valence-corrected chi connectivity index (χ1v) is 12.1. The Morgan fingerprint density at radius 3 is 2.56 bits per heavy atom. The summed E-state index contributed by atoms with van der Waals surface area (Å²) in [4.78, 5) is 45.5. The predicted molar refractivity (Wildman–Crippen MR) is 137 cm³/mol. The van der Waals surface area contributed by atoms with Crippen molar-refractivity contribution in [1.82, 2.24) is 14.1 Å². The quantitative estimate of drug-likeness (QED) is 0.410. The topological polar surface area (TPSA) is 98.4 Å². The Labute approximate surface area is 213 Å². The van der Waals surface area contributed by atoms with Crippen LogP contribution in [0.5, 0.6) is 0 Å². The van der Waals surface area contributed by atoms with E-state index in [4.69, 9.17) is 16.3 Å². The monoisotopic (exact) mass is 506 g/mol. The molecule has 1 heterocycles. The van der Waals surface area contributed by atoms with Crippen molar-refractivity contribution in [3.8, 4) is 11.8 Å². The summed E-state index contributed by atoms with van der Waals surface area (Å²) >= 11 is 6.01. The smallest absolute Gasteiger partial charge is 0.335 e. The summed E-state index contributed by atoms with van der Waals surface area (Å²) in [5, 5.41) is 0.569. The highest BCUT2D eigenvalue weighted by molar-refractivity contribution is 6.30. The lowest BCUT2D eigenvalue weighted by Crippen LogP contribution is -2.51. The Morgan fingerprint density at radius 1 is 1.19 bits per heavy atom. The molecule has 2 aromatic carbocycles. The molecule has 1 fully saturated rings. The van der Waals surface area contributed by atoms with E-state index in [-0.39, 0.29) is 18.7 Å². The molecule has 0 bridgehead atoms. The third kappa shape index (κ3) is 6.04. The van der Waals surface area contributed by atoms with Crippen LogP contribution in [0.3, 0.4) is 0 Å². The summed E-state index contributed by atoms with van der Waals surface area (Å²) in [7, 11) is 1.26. The first-order valence-electron chi connectivity index (χ1n) is 11.7. The predicted octanol–water partition coefficient (Wildman–Crippen LogP) is 3.15. The molecule has 0 radical (unpaired) electrons. The first kappa shape index (κ1) is 25.3. The van der Waals surface area contributed by atoms with Crippen molar-refractivity contribution in [3.63, 3.8) is 0 Å². The SMILES string of the molecule is COC(=O)[C@@H](C)Cn1c(=O)[nH]/c(=N\c2ccc(C#CC3CC3)c(C)c2)n(Cc2ccc(Cl)cc2)c1=O. The van der Waals surface area contributed by atoms with Crippen LogP contribution in [0.4, 0.5) is 5.69 Å². The second-order valence-electron chi connectivity index (χ2n) is 8.94. The summed E-state index contributed by atoms with van der Waals surface area (Å²) in [6, 6.07) is 12.6. The highest BCUT2D eigenvalue weighted by Crippen LogP contribution is 2.28. The Kier molecular flexibility index (Phi) is 7.61. The fourth-order valence-electron chi connectivity index (χ4n) is 3.65. The number of aryl methyl sites for hydroxylation is 1. The Bertz CT molecular complexity index is 1530.